The zero-order valence-corrected chi connectivity index (χ0v) is 12.3. The molecule has 2 aromatic rings. The Balaban J connectivity index is 2.19. The van der Waals surface area contributed by atoms with Gasteiger partial charge in [-0.1, -0.05) is 33.6 Å². The van der Waals surface area contributed by atoms with Crippen LogP contribution in [0.2, 0.25) is 5.02 Å². The first kappa shape index (κ1) is 13.5. The molecule has 0 aliphatic carbocycles. The van der Waals surface area contributed by atoms with Crippen LogP contribution >= 0.6 is 27.5 Å². The van der Waals surface area contributed by atoms with Crippen molar-refractivity contribution < 1.29 is 0 Å². The van der Waals surface area contributed by atoms with E-state index in [0.717, 1.165) is 22.4 Å². The number of rotatable bonds is 4. The highest BCUT2D eigenvalue weighted by Crippen LogP contribution is 2.26. The molecule has 0 saturated heterocycles. The molecule has 1 aromatic heterocycles. The summed E-state index contributed by atoms with van der Waals surface area (Å²) in [5.41, 5.74) is 7.10. The van der Waals surface area contributed by atoms with Crippen LogP contribution in [0.3, 0.4) is 0 Å². The largest absolute Gasteiger partial charge is 0.324 e. The van der Waals surface area contributed by atoms with Crippen molar-refractivity contribution in [3.05, 3.63) is 45.4 Å². The van der Waals surface area contributed by atoms with Crippen LogP contribution in [0.15, 0.2) is 29.0 Å². The van der Waals surface area contributed by atoms with Crippen molar-refractivity contribution in [1.29, 1.82) is 0 Å². The molecule has 6 heteroatoms. The van der Waals surface area contributed by atoms with Gasteiger partial charge in [-0.25, -0.2) is 4.98 Å². The van der Waals surface area contributed by atoms with Gasteiger partial charge in [0.05, 0.1) is 0 Å². The van der Waals surface area contributed by atoms with Gasteiger partial charge in [0.2, 0.25) is 0 Å². The molecule has 0 saturated carbocycles. The van der Waals surface area contributed by atoms with Gasteiger partial charge in [0, 0.05) is 28.5 Å². The van der Waals surface area contributed by atoms with Crippen molar-refractivity contribution in [3.63, 3.8) is 0 Å². The predicted molar refractivity (Wildman–Crippen MR) is 75.5 cm³/mol. The lowest BCUT2D eigenvalue weighted by atomic mass is 10.0. The Labute approximate surface area is 119 Å². The molecule has 4 nitrogen and oxygen atoms in total. The van der Waals surface area contributed by atoms with Crippen LogP contribution in [0.25, 0.3) is 0 Å². The molecule has 0 fully saturated rings. The SMILES string of the molecule is CCn1ncnc1CC(N)c1ccc(Br)cc1Cl. The van der Waals surface area contributed by atoms with Crippen LogP contribution in [0, 0.1) is 0 Å². The van der Waals surface area contributed by atoms with Crippen molar-refractivity contribution in [2.24, 2.45) is 5.73 Å². The average Bonchev–Trinajstić information content (AvgIpc) is 2.76. The Bertz CT molecular complexity index is 541. The Morgan fingerprint density at radius 1 is 1.50 bits per heavy atom. The zero-order chi connectivity index (χ0) is 13.1. The molecule has 1 heterocycles. The molecule has 0 radical (unpaired) electrons. The highest BCUT2D eigenvalue weighted by atomic mass is 79.9. The van der Waals surface area contributed by atoms with E-state index in [0.29, 0.717) is 11.4 Å². The van der Waals surface area contributed by atoms with E-state index in [2.05, 4.69) is 26.0 Å². The van der Waals surface area contributed by atoms with E-state index < -0.39 is 0 Å². The number of hydrogen-bond acceptors (Lipinski definition) is 3. The van der Waals surface area contributed by atoms with Gasteiger partial charge in [0.25, 0.3) is 0 Å². The third kappa shape index (κ3) is 2.91. The molecule has 0 amide bonds. The summed E-state index contributed by atoms with van der Waals surface area (Å²) in [6.45, 7) is 2.81. The Hall–Kier alpha value is -0.910. The molecule has 2 rings (SSSR count). The summed E-state index contributed by atoms with van der Waals surface area (Å²) in [6.07, 6.45) is 2.17. The second kappa shape index (κ2) is 5.82. The van der Waals surface area contributed by atoms with Crippen molar-refractivity contribution in [1.82, 2.24) is 14.8 Å². The van der Waals surface area contributed by atoms with Gasteiger partial charge in [-0.05, 0) is 24.6 Å². The van der Waals surface area contributed by atoms with Crippen molar-refractivity contribution in [2.75, 3.05) is 0 Å². The van der Waals surface area contributed by atoms with E-state index in [-0.39, 0.29) is 6.04 Å². The summed E-state index contributed by atoms with van der Waals surface area (Å²) >= 11 is 9.56. The van der Waals surface area contributed by atoms with E-state index >= 15 is 0 Å². The maximum absolute atomic E-state index is 6.19. The topological polar surface area (TPSA) is 56.7 Å². The fourth-order valence-corrected chi connectivity index (χ4v) is 2.63. The lowest BCUT2D eigenvalue weighted by Crippen LogP contribution is -2.17. The van der Waals surface area contributed by atoms with Crippen LogP contribution in [-0.4, -0.2) is 14.8 Å². The normalized spacial score (nSPS) is 12.7. The quantitative estimate of drug-likeness (QED) is 0.938. The smallest absolute Gasteiger partial charge is 0.138 e. The van der Waals surface area contributed by atoms with Gasteiger partial charge in [-0.15, -0.1) is 0 Å². The molecular formula is C12H14BrClN4. The van der Waals surface area contributed by atoms with Crippen LogP contribution in [0.5, 0.6) is 0 Å². The van der Waals surface area contributed by atoms with Gasteiger partial charge in [0.1, 0.15) is 12.2 Å². The van der Waals surface area contributed by atoms with Crippen LogP contribution in [0.1, 0.15) is 24.4 Å². The molecule has 0 bridgehead atoms. The molecule has 1 aromatic carbocycles. The first-order valence-electron chi connectivity index (χ1n) is 5.69. The summed E-state index contributed by atoms with van der Waals surface area (Å²) < 4.78 is 2.78. The van der Waals surface area contributed by atoms with Crippen molar-refractivity contribution in [2.45, 2.75) is 25.9 Å². The summed E-state index contributed by atoms with van der Waals surface area (Å²) in [4.78, 5) is 4.22. The number of aromatic nitrogens is 3. The standard InChI is InChI=1S/C12H14BrClN4/c1-2-18-12(16-7-17-18)6-11(15)9-4-3-8(13)5-10(9)14/h3-5,7,11H,2,6,15H2,1H3. The summed E-state index contributed by atoms with van der Waals surface area (Å²) in [6, 6.07) is 5.54. The summed E-state index contributed by atoms with van der Waals surface area (Å²) in [7, 11) is 0. The van der Waals surface area contributed by atoms with E-state index in [1.807, 2.05) is 29.8 Å². The number of benzene rings is 1. The third-order valence-electron chi connectivity index (χ3n) is 2.76. The van der Waals surface area contributed by atoms with Crippen LogP contribution in [-0.2, 0) is 13.0 Å². The third-order valence-corrected chi connectivity index (χ3v) is 3.58. The Kier molecular flexibility index (Phi) is 4.37. The number of nitrogens with zero attached hydrogens (tertiary/aromatic N) is 3. The van der Waals surface area contributed by atoms with E-state index in [9.17, 15) is 0 Å². The van der Waals surface area contributed by atoms with Crippen molar-refractivity contribution >= 4 is 27.5 Å². The van der Waals surface area contributed by atoms with Gasteiger partial charge < -0.3 is 5.73 Å². The summed E-state index contributed by atoms with van der Waals surface area (Å²) in [5, 5.41) is 4.79. The predicted octanol–water partition coefficient (Wildman–Crippen LogP) is 2.96. The van der Waals surface area contributed by atoms with Crippen molar-refractivity contribution in [3.8, 4) is 0 Å². The highest BCUT2D eigenvalue weighted by molar-refractivity contribution is 9.10. The van der Waals surface area contributed by atoms with Gasteiger partial charge in [-0.2, -0.15) is 5.10 Å². The monoisotopic (exact) mass is 328 g/mol. The number of hydrogen-bond donors (Lipinski definition) is 1. The van der Waals surface area contributed by atoms with E-state index in [1.165, 1.54) is 0 Å². The first-order chi connectivity index (χ1) is 8.61. The fourth-order valence-electron chi connectivity index (χ4n) is 1.82. The minimum Gasteiger partial charge on any atom is -0.324 e. The maximum Gasteiger partial charge on any atom is 0.138 e. The lowest BCUT2D eigenvalue weighted by Gasteiger charge is -2.13. The van der Waals surface area contributed by atoms with Crippen LogP contribution < -0.4 is 5.73 Å². The average molecular weight is 330 g/mol. The molecule has 0 spiro atoms. The number of nitrogens with two attached hydrogens (primary N) is 1. The Morgan fingerprint density at radius 2 is 2.28 bits per heavy atom. The molecule has 18 heavy (non-hydrogen) atoms. The summed E-state index contributed by atoms with van der Waals surface area (Å²) in [5.74, 6) is 0.879. The molecule has 1 unspecified atom stereocenters. The van der Waals surface area contributed by atoms with Gasteiger partial charge in [0.15, 0.2) is 0 Å². The molecule has 2 N–H and O–H groups in total. The molecule has 1 atom stereocenters. The minimum atomic E-state index is -0.180. The Morgan fingerprint density at radius 3 is 2.94 bits per heavy atom. The van der Waals surface area contributed by atoms with E-state index in [4.69, 9.17) is 17.3 Å². The number of aryl methyl sites for hydroxylation is 1. The first-order valence-corrected chi connectivity index (χ1v) is 6.86. The molecule has 96 valence electrons. The highest BCUT2D eigenvalue weighted by Gasteiger charge is 2.14. The van der Waals surface area contributed by atoms with Gasteiger partial charge >= 0.3 is 0 Å². The minimum absolute atomic E-state index is 0.180. The molecular weight excluding hydrogens is 316 g/mol. The molecule has 0 aliphatic heterocycles. The fraction of sp³-hybridized carbons (Fsp3) is 0.333. The second-order valence-corrected chi connectivity index (χ2v) is 5.29. The van der Waals surface area contributed by atoms with Gasteiger partial charge in [-0.3, -0.25) is 4.68 Å². The van der Waals surface area contributed by atoms with E-state index in [1.54, 1.807) is 6.33 Å². The van der Waals surface area contributed by atoms with Crippen LogP contribution in [0.4, 0.5) is 0 Å². The molecule has 0 aliphatic rings. The number of halogens is 2. The zero-order valence-electron chi connectivity index (χ0n) is 9.98. The second-order valence-electron chi connectivity index (χ2n) is 3.97. The lowest BCUT2D eigenvalue weighted by molar-refractivity contribution is 0.581. The maximum atomic E-state index is 6.19.